The molecule has 0 aromatic rings. The summed E-state index contributed by atoms with van der Waals surface area (Å²) in [5.41, 5.74) is 0. The number of phosphoric acid groups is 1. The molecular formula is C70H124N2O7P+. The van der Waals surface area contributed by atoms with Gasteiger partial charge in [0.2, 0.25) is 5.91 Å². The number of ether oxygens (including phenoxy) is 1. The Hall–Kier alpha value is -3.33. The molecule has 0 saturated carbocycles. The summed E-state index contributed by atoms with van der Waals surface area (Å²) in [6.45, 7) is 6.91. The molecule has 0 radical (unpaired) electrons. The van der Waals surface area contributed by atoms with Crippen molar-refractivity contribution in [1.82, 2.24) is 5.32 Å². The Bertz CT molecular complexity index is 1740. The largest absolute Gasteiger partial charge is 0.472 e. The topological polar surface area (TPSA) is 111 Å². The highest BCUT2D eigenvalue weighted by Crippen LogP contribution is 2.43. The van der Waals surface area contributed by atoms with Crippen molar-refractivity contribution in [2.24, 2.45) is 0 Å². The maximum absolute atomic E-state index is 13.6. The third kappa shape index (κ3) is 59.3. The molecule has 9 nitrogen and oxygen atoms in total. The van der Waals surface area contributed by atoms with Crippen molar-refractivity contribution in [3.05, 3.63) is 109 Å². The zero-order valence-electron chi connectivity index (χ0n) is 52.5. The van der Waals surface area contributed by atoms with Gasteiger partial charge < -0.3 is 19.4 Å². The number of hydrogen-bond acceptors (Lipinski definition) is 6. The van der Waals surface area contributed by atoms with Gasteiger partial charge in [-0.3, -0.25) is 18.6 Å². The van der Waals surface area contributed by atoms with Crippen LogP contribution < -0.4 is 5.32 Å². The second-order valence-electron chi connectivity index (χ2n) is 22.9. The average molecular weight is 1140 g/mol. The Morgan fingerprint density at radius 1 is 0.438 bits per heavy atom. The molecule has 0 aliphatic carbocycles. The van der Waals surface area contributed by atoms with E-state index in [1.807, 2.05) is 33.3 Å². The van der Waals surface area contributed by atoms with Gasteiger partial charge in [-0.2, -0.15) is 0 Å². The van der Waals surface area contributed by atoms with Gasteiger partial charge in [0, 0.05) is 12.8 Å². The Morgan fingerprint density at radius 2 is 0.775 bits per heavy atom. The van der Waals surface area contributed by atoms with Crippen molar-refractivity contribution < 1.29 is 37.3 Å². The fourth-order valence-electron chi connectivity index (χ4n) is 8.86. The molecule has 1 amide bonds. The molecule has 80 heavy (non-hydrogen) atoms. The molecule has 0 aliphatic rings. The maximum atomic E-state index is 13.6. The molecule has 0 aromatic heterocycles. The lowest BCUT2D eigenvalue weighted by molar-refractivity contribution is -0.870. The first-order chi connectivity index (χ1) is 38.9. The standard InChI is InChI=1S/C70H123N2O7P/c1-7-10-13-16-19-22-25-28-30-32-33-34-35-36-37-38-39-41-42-44-47-50-53-56-59-62-69(73)71-67(66-78-80(75,76)77-65-64-72(4,5)6)68(61-58-55-52-49-46-27-24-21-18-15-12-9-3)79-70(74)63-60-57-54-51-48-45-43-40-31-29-26-23-20-17-14-11-8-2/h19-20,22-23,28-31,33-34,36-37,43,45,51,54,58,61,67-68H,7-18,21,24-27,32,35,38-42,44,46-50,52-53,55-57,59-60,62-66H2,1-6H3,(H-,71,73,75,76)/p+1/b22-19-,23-20-,30-28-,31-29-,34-33-,37-36-,45-43-,54-51-,61-58-. The number of carbonyl (C=O) groups is 2. The minimum atomic E-state index is -4.47. The summed E-state index contributed by atoms with van der Waals surface area (Å²) in [6.07, 6.45) is 80.9. The van der Waals surface area contributed by atoms with Crippen molar-refractivity contribution in [2.75, 3.05) is 40.9 Å². The van der Waals surface area contributed by atoms with E-state index in [4.69, 9.17) is 13.8 Å². The van der Waals surface area contributed by atoms with Gasteiger partial charge in [-0.05, 0) is 115 Å². The van der Waals surface area contributed by atoms with Crippen LogP contribution >= 0.6 is 7.82 Å². The van der Waals surface area contributed by atoms with Crippen LogP contribution in [0.15, 0.2) is 109 Å². The minimum Gasteiger partial charge on any atom is -0.456 e. The molecule has 0 bridgehead atoms. The Kier molecular flexibility index (Phi) is 56.4. The van der Waals surface area contributed by atoms with Gasteiger partial charge in [-0.25, -0.2) is 4.57 Å². The lowest BCUT2D eigenvalue weighted by Gasteiger charge is -2.27. The van der Waals surface area contributed by atoms with E-state index < -0.39 is 20.0 Å². The SMILES string of the molecule is CCCCC/C=C\C/C=C\C/C=C\C/C=C\CCCCCCCCCCCC(=O)NC(COP(=O)(O)OCC[N+](C)(C)C)C(/C=C\CCCCCCCCCCCC)OC(=O)CCC/C=C\C/C=C\C/C=C\C/C=C\CCCCC. The number of allylic oxidation sites excluding steroid dienone is 17. The summed E-state index contributed by atoms with van der Waals surface area (Å²) < 4.78 is 30.7. The zero-order chi connectivity index (χ0) is 58.6. The molecule has 460 valence electrons. The van der Waals surface area contributed by atoms with Crippen LogP contribution in [0.4, 0.5) is 0 Å². The van der Waals surface area contributed by atoms with E-state index in [2.05, 4.69) is 123 Å². The van der Waals surface area contributed by atoms with Gasteiger partial charge in [-0.1, -0.05) is 252 Å². The van der Waals surface area contributed by atoms with Gasteiger partial charge in [0.25, 0.3) is 0 Å². The fourth-order valence-corrected chi connectivity index (χ4v) is 9.59. The number of likely N-dealkylation sites (N-methyl/N-ethyl adjacent to an activating group) is 1. The summed E-state index contributed by atoms with van der Waals surface area (Å²) in [5, 5.41) is 3.04. The summed E-state index contributed by atoms with van der Waals surface area (Å²) in [7, 11) is 1.45. The lowest BCUT2D eigenvalue weighted by Crippen LogP contribution is -2.47. The number of hydrogen-bond donors (Lipinski definition) is 2. The van der Waals surface area contributed by atoms with Gasteiger partial charge in [0.1, 0.15) is 19.3 Å². The molecular weight excluding hydrogens is 1010 g/mol. The van der Waals surface area contributed by atoms with E-state index in [0.29, 0.717) is 23.9 Å². The number of nitrogens with zero attached hydrogens (tertiary/aromatic N) is 1. The zero-order valence-corrected chi connectivity index (χ0v) is 53.4. The van der Waals surface area contributed by atoms with Gasteiger partial charge in [0.05, 0.1) is 33.8 Å². The summed E-state index contributed by atoms with van der Waals surface area (Å²) >= 11 is 0. The molecule has 0 aliphatic heterocycles. The molecule has 3 unspecified atom stereocenters. The van der Waals surface area contributed by atoms with E-state index in [1.54, 1.807) is 0 Å². The van der Waals surface area contributed by atoms with Crippen molar-refractivity contribution in [1.29, 1.82) is 0 Å². The predicted octanol–water partition coefficient (Wildman–Crippen LogP) is 20.5. The molecule has 0 spiro atoms. The first-order valence-corrected chi connectivity index (χ1v) is 34.2. The van der Waals surface area contributed by atoms with Crippen molar-refractivity contribution >= 4 is 19.7 Å². The third-order valence-corrected chi connectivity index (χ3v) is 14.9. The second-order valence-corrected chi connectivity index (χ2v) is 24.4. The summed E-state index contributed by atoms with van der Waals surface area (Å²) in [5.74, 6) is -0.581. The third-order valence-electron chi connectivity index (χ3n) is 13.9. The number of phosphoric ester groups is 1. The van der Waals surface area contributed by atoms with Crippen molar-refractivity contribution in [3.8, 4) is 0 Å². The second kappa shape index (κ2) is 58.9. The van der Waals surface area contributed by atoms with Crippen LogP contribution in [0.25, 0.3) is 0 Å². The molecule has 2 N–H and O–H groups in total. The fraction of sp³-hybridized carbons (Fsp3) is 0.714. The van der Waals surface area contributed by atoms with Crippen LogP contribution in [-0.2, 0) is 27.9 Å². The van der Waals surface area contributed by atoms with Crippen LogP contribution in [0.2, 0.25) is 0 Å². The Labute approximate surface area is 493 Å². The smallest absolute Gasteiger partial charge is 0.456 e. The number of quaternary nitrogens is 1. The lowest BCUT2D eigenvalue weighted by atomic mass is 10.0. The first kappa shape index (κ1) is 76.7. The van der Waals surface area contributed by atoms with Crippen LogP contribution in [0.1, 0.15) is 271 Å². The van der Waals surface area contributed by atoms with Crippen LogP contribution in [-0.4, -0.2) is 74.3 Å². The highest BCUT2D eigenvalue weighted by molar-refractivity contribution is 7.47. The molecule has 10 heteroatoms. The average Bonchev–Trinajstić information content (AvgIpc) is 3.42. The minimum absolute atomic E-state index is 0.0255. The monoisotopic (exact) mass is 1140 g/mol. The number of nitrogens with one attached hydrogen (secondary N) is 1. The predicted molar refractivity (Wildman–Crippen MR) is 346 cm³/mol. The number of amides is 1. The molecule has 0 heterocycles. The quantitative estimate of drug-likeness (QED) is 0.0205. The van der Waals surface area contributed by atoms with Crippen LogP contribution in [0, 0.1) is 0 Å². The highest BCUT2D eigenvalue weighted by Gasteiger charge is 2.30. The number of esters is 1. The summed E-state index contributed by atoms with van der Waals surface area (Å²) in [4.78, 5) is 37.7. The van der Waals surface area contributed by atoms with Crippen LogP contribution in [0.5, 0.6) is 0 Å². The van der Waals surface area contributed by atoms with E-state index >= 15 is 0 Å². The number of unbranched alkanes of at least 4 members (excludes halogenated alkanes) is 26. The maximum Gasteiger partial charge on any atom is 0.472 e. The number of carbonyl (C=O) groups excluding carboxylic acids is 2. The van der Waals surface area contributed by atoms with E-state index in [9.17, 15) is 19.0 Å². The van der Waals surface area contributed by atoms with Crippen molar-refractivity contribution in [2.45, 2.75) is 283 Å². The normalized spacial score (nSPS) is 14.3. The van der Waals surface area contributed by atoms with E-state index in [1.165, 1.54) is 135 Å². The van der Waals surface area contributed by atoms with E-state index in [-0.39, 0.29) is 31.5 Å². The summed E-state index contributed by atoms with van der Waals surface area (Å²) in [6, 6.07) is -0.881. The van der Waals surface area contributed by atoms with Gasteiger partial charge in [-0.15, -0.1) is 0 Å². The highest BCUT2D eigenvalue weighted by atomic mass is 31.2. The van der Waals surface area contributed by atoms with Gasteiger partial charge in [0.15, 0.2) is 0 Å². The Balaban J connectivity index is 5.24. The molecule has 0 aromatic carbocycles. The van der Waals surface area contributed by atoms with Crippen LogP contribution in [0.3, 0.4) is 0 Å². The van der Waals surface area contributed by atoms with E-state index in [0.717, 1.165) is 96.3 Å². The number of rotatable bonds is 58. The molecule has 0 fully saturated rings. The molecule has 0 saturated heterocycles. The van der Waals surface area contributed by atoms with Gasteiger partial charge >= 0.3 is 13.8 Å². The Morgan fingerprint density at radius 3 is 1.19 bits per heavy atom. The molecule has 0 rings (SSSR count). The molecule has 3 atom stereocenters. The van der Waals surface area contributed by atoms with Crippen molar-refractivity contribution in [3.63, 3.8) is 0 Å². The first-order valence-electron chi connectivity index (χ1n) is 32.7.